The van der Waals surface area contributed by atoms with Crippen molar-refractivity contribution >= 4 is 11.5 Å². The van der Waals surface area contributed by atoms with E-state index < -0.39 is 0 Å². The highest BCUT2D eigenvalue weighted by Gasteiger charge is 2.05. The van der Waals surface area contributed by atoms with Crippen LogP contribution in [0.4, 0.5) is 11.5 Å². The molecular formula is C12H15N3O. The van der Waals surface area contributed by atoms with Gasteiger partial charge in [0.1, 0.15) is 11.6 Å². The third-order valence-corrected chi connectivity index (χ3v) is 2.02. The Balaban J connectivity index is 2.19. The first kappa shape index (κ1) is 10.5. The molecule has 1 aromatic heterocycles. The van der Waals surface area contributed by atoms with Gasteiger partial charge in [0.05, 0.1) is 18.0 Å². The van der Waals surface area contributed by atoms with Crippen molar-refractivity contribution in [3.8, 4) is 5.75 Å². The van der Waals surface area contributed by atoms with E-state index in [4.69, 9.17) is 4.74 Å². The smallest absolute Gasteiger partial charge is 0.143 e. The monoisotopic (exact) mass is 217 g/mol. The minimum absolute atomic E-state index is 0.157. The van der Waals surface area contributed by atoms with Crippen LogP contribution in [-0.4, -0.2) is 16.3 Å². The van der Waals surface area contributed by atoms with Crippen LogP contribution in [0.2, 0.25) is 0 Å². The van der Waals surface area contributed by atoms with Gasteiger partial charge in [-0.3, -0.25) is 5.10 Å². The molecule has 0 fully saturated rings. The van der Waals surface area contributed by atoms with E-state index in [2.05, 4.69) is 15.5 Å². The van der Waals surface area contributed by atoms with Crippen molar-refractivity contribution in [2.24, 2.45) is 0 Å². The third kappa shape index (κ3) is 2.53. The van der Waals surface area contributed by atoms with E-state index >= 15 is 0 Å². The summed E-state index contributed by atoms with van der Waals surface area (Å²) in [6.45, 7) is 4.01. The molecule has 4 heteroatoms. The van der Waals surface area contributed by atoms with Crippen LogP contribution in [0.1, 0.15) is 13.8 Å². The molecule has 0 aliphatic carbocycles. The van der Waals surface area contributed by atoms with Gasteiger partial charge in [0.25, 0.3) is 0 Å². The summed E-state index contributed by atoms with van der Waals surface area (Å²) in [4.78, 5) is 0. The highest BCUT2D eigenvalue weighted by molar-refractivity contribution is 5.63. The molecule has 0 radical (unpaired) electrons. The Hall–Kier alpha value is -1.97. The number of hydrogen-bond donors (Lipinski definition) is 2. The molecule has 0 aliphatic rings. The number of rotatable bonds is 4. The molecule has 0 spiro atoms. The van der Waals surface area contributed by atoms with Crippen LogP contribution >= 0.6 is 0 Å². The van der Waals surface area contributed by atoms with Crippen LogP contribution in [0.3, 0.4) is 0 Å². The van der Waals surface area contributed by atoms with Crippen LogP contribution in [-0.2, 0) is 0 Å². The number of nitrogens with one attached hydrogen (secondary N) is 2. The van der Waals surface area contributed by atoms with E-state index in [1.165, 1.54) is 0 Å². The second kappa shape index (κ2) is 4.70. The molecule has 4 nitrogen and oxygen atoms in total. The first-order valence-corrected chi connectivity index (χ1v) is 5.28. The van der Waals surface area contributed by atoms with E-state index in [1.54, 1.807) is 6.20 Å². The zero-order valence-corrected chi connectivity index (χ0v) is 9.40. The van der Waals surface area contributed by atoms with Crippen molar-refractivity contribution < 1.29 is 4.74 Å². The van der Waals surface area contributed by atoms with Crippen LogP contribution in [0.5, 0.6) is 5.75 Å². The Morgan fingerprint density at radius 3 is 2.75 bits per heavy atom. The van der Waals surface area contributed by atoms with Crippen molar-refractivity contribution in [3.05, 3.63) is 36.5 Å². The molecule has 0 saturated carbocycles. The van der Waals surface area contributed by atoms with Gasteiger partial charge in [-0.15, -0.1) is 0 Å². The van der Waals surface area contributed by atoms with E-state index in [1.807, 2.05) is 44.2 Å². The normalized spacial score (nSPS) is 10.4. The Morgan fingerprint density at radius 1 is 1.25 bits per heavy atom. The summed E-state index contributed by atoms with van der Waals surface area (Å²) in [5, 5.41) is 9.94. The fourth-order valence-corrected chi connectivity index (χ4v) is 1.40. The Bertz CT molecular complexity index is 437. The topological polar surface area (TPSA) is 49.9 Å². The van der Waals surface area contributed by atoms with Crippen LogP contribution in [0.25, 0.3) is 0 Å². The number of ether oxygens (including phenoxy) is 1. The van der Waals surface area contributed by atoms with E-state index in [0.29, 0.717) is 0 Å². The van der Waals surface area contributed by atoms with Gasteiger partial charge in [-0.1, -0.05) is 12.1 Å². The molecule has 84 valence electrons. The van der Waals surface area contributed by atoms with Gasteiger partial charge in [-0.2, -0.15) is 5.10 Å². The number of anilines is 2. The average molecular weight is 217 g/mol. The highest BCUT2D eigenvalue weighted by Crippen LogP contribution is 2.27. The zero-order chi connectivity index (χ0) is 11.4. The van der Waals surface area contributed by atoms with Crippen molar-refractivity contribution in [1.29, 1.82) is 0 Å². The Kier molecular flexibility index (Phi) is 3.10. The van der Waals surface area contributed by atoms with E-state index in [-0.39, 0.29) is 6.10 Å². The number of benzene rings is 1. The molecule has 0 unspecified atom stereocenters. The molecule has 0 amide bonds. The molecule has 1 aromatic carbocycles. The molecule has 2 aromatic rings. The third-order valence-electron chi connectivity index (χ3n) is 2.02. The first-order chi connectivity index (χ1) is 7.75. The van der Waals surface area contributed by atoms with Gasteiger partial charge in [0, 0.05) is 6.07 Å². The molecule has 2 rings (SSSR count). The lowest BCUT2D eigenvalue weighted by atomic mass is 10.3. The van der Waals surface area contributed by atoms with Crippen LogP contribution in [0, 0.1) is 0 Å². The molecule has 1 heterocycles. The number of nitrogens with zero attached hydrogens (tertiary/aromatic N) is 1. The second-order valence-electron chi connectivity index (χ2n) is 3.76. The van der Waals surface area contributed by atoms with Gasteiger partial charge < -0.3 is 10.1 Å². The number of aromatic amines is 1. The largest absolute Gasteiger partial charge is 0.489 e. The lowest BCUT2D eigenvalue weighted by Gasteiger charge is -2.14. The lowest BCUT2D eigenvalue weighted by Crippen LogP contribution is -2.07. The molecule has 16 heavy (non-hydrogen) atoms. The Morgan fingerprint density at radius 2 is 2.06 bits per heavy atom. The predicted octanol–water partition coefficient (Wildman–Crippen LogP) is 2.94. The summed E-state index contributed by atoms with van der Waals surface area (Å²) in [6, 6.07) is 9.70. The maximum Gasteiger partial charge on any atom is 0.143 e. The predicted molar refractivity (Wildman–Crippen MR) is 64.1 cm³/mol. The van der Waals surface area contributed by atoms with Gasteiger partial charge in [-0.25, -0.2) is 0 Å². The maximum atomic E-state index is 5.70. The summed E-state index contributed by atoms with van der Waals surface area (Å²) >= 11 is 0. The molecule has 2 N–H and O–H groups in total. The number of aromatic nitrogens is 2. The Labute approximate surface area is 94.6 Å². The first-order valence-electron chi connectivity index (χ1n) is 5.28. The van der Waals surface area contributed by atoms with Gasteiger partial charge >= 0.3 is 0 Å². The van der Waals surface area contributed by atoms with Crippen molar-refractivity contribution in [2.45, 2.75) is 20.0 Å². The van der Waals surface area contributed by atoms with Crippen molar-refractivity contribution in [1.82, 2.24) is 10.2 Å². The molecule has 0 bridgehead atoms. The highest BCUT2D eigenvalue weighted by atomic mass is 16.5. The van der Waals surface area contributed by atoms with Crippen molar-refractivity contribution in [2.75, 3.05) is 5.32 Å². The summed E-state index contributed by atoms with van der Waals surface area (Å²) in [5.41, 5.74) is 0.931. The molecule has 0 saturated heterocycles. The van der Waals surface area contributed by atoms with Crippen LogP contribution in [0.15, 0.2) is 36.5 Å². The van der Waals surface area contributed by atoms with Gasteiger partial charge in [-0.05, 0) is 26.0 Å². The minimum Gasteiger partial charge on any atom is -0.489 e. The summed E-state index contributed by atoms with van der Waals surface area (Å²) in [7, 11) is 0. The standard InChI is InChI=1S/C12H15N3O/c1-9(2)16-11-6-4-3-5-10(11)14-12-7-8-13-15-12/h3-9H,1-2H3,(H2,13,14,15). The van der Waals surface area contributed by atoms with Gasteiger partial charge in [0.15, 0.2) is 0 Å². The summed E-state index contributed by atoms with van der Waals surface area (Å²) in [6.07, 6.45) is 1.86. The fraction of sp³-hybridized carbons (Fsp3) is 0.250. The quantitative estimate of drug-likeness (QED) is 0.827. The van der Waals surface area contributed by atoms with Crippen LogP contribution < -0.4 is 10.1 Å². The SMILES string of the molecule is CC(C)Oc1ccccc1Nc1ccn[nH]1. The molecular weight excluding hydrogens is 202 g/mol. The molecule has 0 aliphatic heterocycles. The van der Waals surface area contributed by atoms with E-state index in [9.17, 15) is 0 Å². The number of H-pyrrole nitrogens is 1. The van der Waals surface area contributed by atoms with E-state index in [0.717, 1.165) is 17.3 Å². The molecule has 0 atom stereocenters. The minimum atomic E-state index is 0.157. The van der Waals surface area contributed by atoms with Gasteiger partial charge in [0.2, 0.25) is 0 Å². The number of hydrogen-bond acceptors (Lipinski definition) is 3. The summed E-state index contributed by atoms with van der Waals surface area (Å²) < 4.78 is 5.70. The second-order valence-corrected chi connectivity index (χ2v) is 3.76. The number of para-hydroxylation sites is 2. The van der Waals surface area contributed by atoms with Crippen molar-refractivity contribution in [3.63, 3.8) is 0 Å². The average Bonchev–Trinajstić information content (AvgIpc) is 2.73. The summed E-state index contributed by atoms with van der Waals surface area (Å²) in [5.74, 6) is 1.69. The fourth-order valence-electron chi connectivity index (χ4n) is 1.40. The lowest BCUT2D eigenvalue weighted by molar-refractivity contribution is 0.244. The maximum absolute atomic E-state index is 5.70. The zero-order valence-electron chi connectivity index (χ0n) is 9.40.